The smallest absolute Gasteiger partial charge is 0.208 e. The quantitative estimate of drug-likeness (QED) is 0.692. The van der Waals surface area contributed by atoms with Gasteiger partial charge in [0.05, 0.1) is 19.0 Å². The summed E-state index contributed by atoms with van der Waals surface area (Å²) in [4.78, 5) is 0. The Morgan fingerprint density at radius 2 is 2.15 bits per heavy atom. The first kappa shape index (κ1) is 10.9. The molecule has 0 aromatic heterocycles. The van der Waals surface area contributed by atoms with E-state index in [2.05, 4.69) is 4.72 Å². The van der Waals surface area contributed by atoms with Crippen molar-refractivity contribution >= 4 is 10.0 Å². The SMILES string of the molecule is CC1(C)OC[C@@H](CNS(C)(=O)=O)O1. The van der Waals surface area contributed by atoms with Gasteiger partial charge in [0.2, 0.25) is 10.0 Å². The zero-order chi connectivity index (χ0) is 10.1. The zero-order valence-corrected chi connectivity index (χ0v) is 8.85. The maximum atomic E-state index is 10.7. The Bertz CT molecular complexity index is 272. The van der Waals surface area contributed by atoms with Crippen LogP contribution < -0.4 is 4.72 Å². The minimum atomic E-state index is -3.13. The van der Waals surface area contributed by atoms with Crippen LogP contribution in [0.2, 0.25) is 0 Å². The maximum Gasteiger partial charge on any atom is 0.208 e. The summed E-state index contributed by atoms with van der Waals surface area (Å²) < 4.78 is 34.5. The van der Waals surface area contributed by atoms with Crippen LogP contribution in [0.3, 0.4) is 0 Å². The van der Waals surface area contributed by atoms with Crippen molar-refractivity contribution < 1.29 is 17.9 Å². The average Bonchev–Trinajstić information content (AvgIpc) is 2.24. The highest BCUT2D eigenvalue weighted by molar-refractivity contribution is 7.88. The topological polar surface area (TPSA) is 64.6 Å². The van der Waals surface area contributed by atoms with Gasteiger partial charge in [0, 0.05) is 6.54 Å². The van der Waals surface area contributed by atoms with Crippen LogP contribution in [0.1, 0.15) is 13.8 Å². The van der Waals surface area contributed by atoms with Gasteiger partial charge in [-0.05, 0) is 13.8 Å². The molecule has 1 aliphatic heterocycles. The minimum Gasteiger partial charge on any atom is -0.348 e. The van der Waals surface area contributed by atoms with Crippen molar-refractivity contribution in [3.8, 4) is 0 Å². The van der Waals surface area contributed by atoms with Gasteiger partial charge in [0.1, 0.15) is 0 Å². The predicted molar refractivity (Wildman–Crippen MR) is 47.8 cm³/mol. The van der Waals surface area contributed by atoms with Crippen molar-refractivity contribution in [2.45, 2.75) is 25.7 Å². The van der Waals surface area contributed by atoms with E-state index in [4.69, 9.17) is 9.47 Å². The summed E-state index contributed by atoms with van der Waals surface area (Å²) in [6.07, 6.45) is 0.929. The van der Waals surface area contributed by atoms with Crippen molar-refractivity contribution in [1.82, 2.24) is 4.72 Å². The van der Waals surface area contributed by atoms with Crippen LogP contribution in [0.4, 0.5) is 0 Å². The van der Waals surface area contributed by atoms with Crippen LogP contribution in [0.15, 0.2) is 0 Å². The lowest BCUT2D eigenvalue weighted by Gasteiger charge is -2.16. The Balaban J connectivity index is 2.34. The first-order valence-corrected chi connectivity index (χ1v) is 5.94. The van der Waals surface area contributed by atoms with Crippen LogP contribution in [-0.2, 0) is 19.5 Å². The lowest BCUT2D eigenvalue weighted by molar-refractivity contribution is -0.137. The van der Waals surface area contributed by atoms with Gasteiger partial charge in [0.25, 0.3) is 0 Å². The molecule has 1 rings (SSSR count). The Hall–Kier alpha value is -0.170. The normalized spacial score (nSPS) is 27.8. The van der Waals surface area contributed by atoms with Crippen LogP contribution in [0.5, 0.6) is 0 Å². The summed E-state index contributed by atoms with van der Waals surface area (Å²) in [5.74, 6) is -0.593. The van der Waals surface area contributed by atoms with Crippen molar-refractivity contribution in [1.29, 1.82) is 0 Å². The zero-order valence-electron chi connectivity index (χ0n) is 8.03. The minimum absolute atomic E-state index is 0.190. The first-order valence-electron chi connectivity index (χ1n) is 4.05. The summed E-state index contributed by atoms with van der Waals surface area (Å²) in [5, 5.41) is 0. The molecule has 0 aromatic rings. The van der Waals surface area contributed by atoms with E-state index in [1.165, 1.54) is 0 Å². The molecular formula is C7H15NO4S. The number of rotatable bonds is 3. The molecule has 5 nitrogen and oxygen atoms in total. The molecule has 0 radical (unpaired) electrons. The van der Waals surface area contributed by atoms with Crippen LogP contribution in [0, 0.1) is 0 Å². The van der Waals surface area contributed by atoms with E-state index in [9.17, 15) is 8.42 Å². The molecule has 1 atom stereocenters. The fourth-order valence-electron chi connectivity index (χ4n) is 1.11. The summed E-state index contributed by atoms with van der Waals surface area (Å²) in [7, 11) is -3.13. The fourth-order valence-corrected chi connectivity index (χ4v) is 1.60. The van der Waals surface area contributed by atoms with E-state index in [-0.39, 0.29) is 12.6 Å². The molecule has 0 aliphatic carbocycles. The molecule has 6 heteroatoms. The highest BCUT2D eigenvalue weighted by atomic mass is 32.2. The molecule has 0 bridgehead atoms. The number of ether oxygens (including phenoxy) is 2. The van der Waals surface area contributed by atoms with Crippen molar-refractivity contribution in [2.75, 3.05) is 19.4 Å². The van der Waals surface area contributed by atoms with Crippen molar-refractivity contribution in [3.05, 3.63) is 0 Å². The lowest BCUT2D eigenvalue weighted by Crippen LogP contribution is -2.33. The van der Waals surface area contributed by atoms with Crippen molar-refractivity contribution in [2.24, 2.45) is 0 Å². The van der Waals surface area contributed by atoms with E-state index in [0.717, 1.165) is 6.26 Å². The molecule has 1 heterocycles. The second kappa shape index (κ2) is 3.53. The Morgan fingerprint density at radius 1 is 1.54 bits per heavy atom. The number of sulfonamides is 1. The second-order valence-electron chi connectivity index (χ2n) is 3.57. The lowest BCUT2D eigenvalue weighted by atomic mass is 10.4. The fraction of sp³-hybridized carbons (Fsp3) is 1.00. The molecule has 1 saturated heterocycles. The Morgan fingerprint density at radius 3 is 2.54 bits per heavy atom. The number of hydrogen-bond donors (Lipinski definition) is 1. The van der Waals surface area contributed by atoms with Gasteiger partial charge < -0.3 is 9.47 Å². The molecule has 1 N–H and O–H groups in total. The van der Waals surface area contributed by atoms with Gasteiger partial charge in [-0.15, -0.1) is 0 Å². The highest BCUT2D eigenvalue weighted by Gasteiger charge is 2.32. The summed E-state index contributed by atoms with van der Waals surface area (Å²) in [6.45, 7) is 4.29. The third-order valence-corrected chi connectivity index (χ3v) is 2.33. The van der Waals surface area contributed by atoms with Crippen LogP contribution >= 0.6 is 0 Å². The average molecular weight is 209 g/mol. The molecule has 78 valence electrons. The van der Waals surface area contributed by atoms with Gasteiger partial charge in [0.15, 0.2) is 5.79 Å². The maximum absolute atomic E-state index is 10.7. The standard InChI is InChI=1S/C7H15NO4S/c1-7(2)11-5-6(12-7)4-8-13(3,9)10/h6,8H,4-5H2,1-3H3/t6-/m1/s1. The summed E-state index contributed by atoms with van der Waals surface area (Å²) in [5.41, 5.74) is 0. The number of nitrogens with one attached hydrogen (secondary N) is 1. The van der Waals surface area contributed by atoms with Crippen LogP contribution in [0.25, 0.3) is 0 Å². The largest absolute Gasteiger partial charge is 0.348 e. The monoisotopic (exact) mass is 209 g/mol. The molecule has 13 heavy (non-hydrogen) atoms. The molecule has 1 fully saturated rings. The molecule has 0 aromatic carbocycles. The summed E-state index contributed by atoms with van der Waals surface area (Å²) >= 11 is 0. The highest BCUT2D eigenvalue weighted by Crippen LogP contribution is 2.21. The molecular weight excluding hydrogens is 194 g/mol. The van der Waals surface area contributed by atoms with Gasteiger partial charge in [-0.25, -0.2) is 13.1 Å². The Labute approximate surface area is 78.5 Å². The van der Waals surface area contributed by atoms with E-state index in [0.29, 0.717) is 6.61 Å². The third kappa shape index (κ3) is 4.04. The van der Waals surface area contributed by atoms with E-state index in [1.54, 1.807) is 13.8 Å². The first-order chi connectivity index (χ1) is 5.79. The molecule has 0 saturated carbocycles. The van der Waals surface area contributed by atoms with Gasteiger partial charge in [-0.2, -0.15) is 0 Å². The third-order valence-electron chi connectivity index (χ3n) is 1.64. The van der Waals surface area contributed by atoms with Crippen LogP contribution in [-0.4, -0.2) is 39.7 Å². The van der Waals surface area contributed by atoms with Gasteiger partial charge >= 0.3 is 0 Å². The van der Waals surface area contributed by atoms with E-state index < -0.39 is 15.8 Å². The summed E-state index contributed by atoms with van der Waals surface area (Å²) in [6, 6.07) is 0. The number of hydrogen-bond acceptors (Lipinski definition) is 4. The predicted octanol–water partition coefficient (Wildman–Crippen LogP) is -0.313. The van der Waals surface area contributed by atoms with Gasteiger partial charge in [-0.1, -0.05) is 0 Å². The molecule has 0 unspecified atom stereocenters. The van der Waals surface area contributed by atoms with E-state index in [1.807, 2.05) is 0 Å². The Kier molecular flexibility index (Phi) is 2.96. The molecule has 0 spiro atoms. The van der Waals surface area contributed by atoms with Crippen molar-refractivity contribution in [3.63, 3.8) is 0 Å². The second-order valence-corrected chi connectivity index (χ2v) is 5.40. The molecule has 0 amide bonds. The molecule has 1 aliphatic rings. The van der Waals surface area contributed by atoms with Gasteiger partial charge in [-0.3, -0.25) is 0 Å². The van der Waals surface area contributed by atoms with E-state index >= 15 is 0 Å².